The van der Waals surface area contributed by atoms with Gasteiger partial charge in [0.25, 0.3) is 11.8 Å². The second-order valence-electron chi connectivity index (χ2n) is 5.45. The van der Waals surface area contributed by atoms with E-state index in [1.165, 1.54) is 0 Å². The first-order chi connectivity index (χ1) is 10.7. The highest BCUT2D eigenvalue weighted by Gasteiger charge is 2.30. The highest BCUT2D eigenvalue weighted by molar-refractivity contribution is 5.94. The fraction of sp³-hybridized carbons (Fsp3) is 0.312. The number of nitrogens with zero attached hydrogens (tertiary/aromatic N) is 2. The van der Waals surface area contributed by atoms with Crippen molar-refractivity contribution >= 4 is 11.8 Å². The van der Waals surface area contributed by atoms with E-state index in [0.717, 1.165) is 25.0 Å². The van der Waals surface area contributed by atoms with Gasteiger partial charge in [-0.05, 0) is 37.5 Å². The number of nitrogens with one attached hydrogen (secondary N) is 1. The summed E-state index contributed by atoms with van der Waals surface area (Å²) < 4.78 is 0. The quantitative estimate of drug-likeness (QED) is 0.906. The third-order valence-corrected chi connectivity index (χ3v) is 3.99. The molecule has 1 saturated heterocycles. The molecule has 1 aliphatic rings. The monoisotopic (exact) mass is 298 g/mol. The minimum absolute atomic E-state index is 0.000486. The van der Waals surface area contributed by atoms with Crippen molar-refractivity contribution in [3.05, 3.63) is 53.3 Å². The topological polar surface area (TPSA) is 92.1 Å². The number of aromatic nitrogens is 2. The van der Waals surface area contributed by atoms with Gasteiger partial charge in [-0.25, -0.2) is 0 Å². The molecule has 6 nitrogen and oxygen atoms in total. The Balaban J connectivity index is 1.87. The highest BCUT2D eigenvalue weighted by Crippen LogP contribution is 2.31. The molecule has 0 radical (unpaired) electrons. The van der Waals surface area contributed by atoms with Crippen LogP contribution in [0.2, 0.25) is 0 Å². The van der Waals surface area contributed by atoms with E-state index < -0.39 is 5.91 Å². The number of nitrogens with two attached hydrogens (primary N) is 1. The average Bonchev–Trinajstić information content (AvgIpc) is 3.05. The number of benzene rings is 1. The lowest BCUT2D eigenvalue weighted by Gasteiger charge is -2.35. The fourth-order valence-electron chi connectivity index (χ4n) is 2.88. The molecule has 1 fully saturated rings. The van der Waals surface area contributed by atoms with Crippen LogP contribution >= 0.6 is 0 Å². The lowest BCUT2D eigenvalue weighted by molar-refractivity contribution is 0.0606. The van der Waals surface area contributed by atoms with Crippen LogP contribution in [0.25, 0.3) is 0 Å². The van der Waals surface area contributed by atoms with Crippen LogP contribution < -0.4 is 5.73 Å². The molecular formula is C16H18N4O2. The molecule has 0 aliphatic carbocycles. The minimum Gasteiger partial charge on any atom is -0.364 e. The molecule has 1 aromatic carbocycles. The molecule has 3 N–H and O–H groups in total. The lowest BCUT2D eigenvalue weighted by Crippen LogP contribution is -2.38. The SMILES string of the molecule is NC(=O)c1cc(C2CCCCN2C(=O)c2ccccc2)[nH]n1. The van der Waals surface area contributed by atoms with E-state index >= 15 is 0 Å². The Morgan fingerprint density at radius 3 is 2.68 bits per heavy atom. The molecule has 0 bridgehead atoms. The minimum atomic E-state index is -0.570. The Morgan fingerprint density at radius 2 is 2.00 bits per heavy atom. The van der Waals surface area contributed by atoms with Crippen LogP contribution in [0.15, 0.2) is 36.4 Å². The maximum absolute atomic E-state index is 12.7. The van der Waals surface area contributed by atoms with Gasteiger partial charge in [-0.1, -0.05) is 18.2 Å². The molecule has 2 aromatic rings. The Labute approximate surface area is 128 Å². The van der Waals surface area contributed by atoms with Crippen molar-refractivity contribution in [2.24, 2.45) is 5.73 Å². The molecule has 114 valence electrons. The van der Waals surface area contributed by atoms with Crippen LogP contribution in [-0.4, -0.2) is 33.5 Å². The molecule has 1 atom stereocenters. The fourth-order valence-corrected chi connectivity index (χ4v) is 2.88. The van der Waals surface area contributed by atoms with Crippen LogP contribution in [0, 0.1) is 0 Å². The molecular weight excluding hydrogens is 280 g/mol. The van der Waals surface area contributed by atoms with E-state index in [4.69, 9.17) is 5.73 Å². The van der Waals surface area contributed by atoms with Crippen LogP contribution in [0.5, 0.6) is 0 Å². The zero-order valence-electron chi connectivity index (χ0n) is 12.2. The van der Waals surface area contributed by atoms with Crippen LogP contribution in [0.4, 0.5) is 0 Å². The van der Waals surface area contributed by atoms with Crippen molar-refractivity contribution in [1.82, 2.24) is 15.1 Å². The van der Waals surface area contributed by atoms with Gasteiger partial charge in [-0.2, -0.15) is 5.10 Å². The largest absolute Gasteiger partial charge is 0.364 e. The first-order valence-electron chi connectivity index (χ1n) is 7.38. The van der Waals surface area contributed by atoms with Gasteiger partial charge in [0.15, 0.2) is 0 Å². The van der Waals surface area contributed by atoms with Crippen molar-refractivity contribution in [1.29, 1.82) is 0 Å². The number of rotatable bonds is 3. The normalized spacial score (nSPS) is 18.2. The maximum atomic E-state index is 12.7. The second kappa shape index (κ2) is 6.01. The third kappa shape index (κ3) is 2.72. The van der Waals surface area contributed by atoms with Crippen molar-refractivity contribution < 1.29 is 9.59 Å². The van der Waals surface area contributed by atoms with Crippen LogP contribution in [0.1, 0.15) is 51.8 Å². The van der Waals surface area contributed by atoms with Crippen LogP contribution in [-0.2, 0) is 0 Å². The third-order valence-electron chi connectivity index (χ3n) is 3.99. The van der Waals surface area contributed by atoms with Crippen molar-refractivity contribution in [3.8, 4) is 0 Å². The molecule has 2 heterocycles. The van der Waals surface area contributed by atoms with Gasteiger partial charge in [0.2, 0.25) is 0 Å². The first-order valence-corrected chi connectivity index (χ1v) is 7.38. The molecule has 3 rings (SSSR count). The van der Waals surface area contributed by atoms with Crippen molar-refractivity contribution in [2.45, 2.75) is 25.3 Å². The maximum Gasteiger partial charge on any atom is 0.269 e. The summed E-state index contributed by atoms with van der Waals surface area (Å²) in [5.41, 5.74) is 6.87. The van der Waals surface area contributed by atoms with Gasteiger partial charge in [0.05, 0.1) is 11.7 Å². The summed E-state index contributed by atoms with van der Waals surface area (Å²) in [6.45, 7) is 0.698. The summed E-state index contributed by atoms with van der Waals surface area (Å²) in [5, 5.41) is 6.77. The summed E-state index contributed by atoms with van der Waals surface area (Å²) in [6.07, 6.45) is 2.86. The smallest absolute Gasteiger partial charge is 0.269 e. The summed E-state index contributed by atoms with van der Waals surface area (Å²) in [6, 6.07) is 10.8. The van der Waals surface area contributed by atoms with E-state index in [9.17, 15) is 9.59 Å². The Kier molecular flexibility index (Phi) is 3.91. The number of likely N-dealkylation sites (tertiary alicyclic amines) is 1. The lowest BCUT2D eigenvalue weighted by atomic mass is 9.98. The van der Waals surface area contributed by atoms with Gasteiger partial charge in [-0.15, -0.1) is 0 Å². The number of aromatic amines is 1. The number of hydrogen-bond donors (Lipinski definition) is 2. The van der Waals surface area contributed by atoms with Gasteiger partial charge in [0, 0.05) is 12.1 Å². The predicted octanol–water partition coefficient (Wildman–Crippen LogP) is 1.88. The number of piperidine rings is 1. The molecule has 22 heavy (non-hydrogen) atoms. The number of H-pyrrole nitrogens is 1. The van der Waals surface area contributed by atoms with E-state index in [1.807, 2.05) is 35.2 Å². The first kappa shape index (κ1) is 14.3. The second-order valence-corrected chi connectivity index (χ2v) is 5.45. The average molecular weight is 298 g/mol. The molecule has 1 unspecified atom stereocenters. The summed E-state index contributed by atoms with van der Waals surface area (Å²) in [4.78, 5) is 25.8. The Morgan fingerprint density at radius 1 is 1.23 bits per heavy atom. The number of carbonyl (C=O) groups is 2. The van der Waals surface area contributed by atoms with Gasteiger partial charge >= 0.3 is 0 Å². The Bertz CT molecular complexity index is 680. The summed E-state index contributed by atoms with van der Waals surface area (Å²) in [7, 11) is 0. The molecule has 0 spiro atoms. The number of hydrogen-bond acceptors (Lipinski definition) is 3. The van der Waals surface area contributed by atoms with E-state index in [-0.39, 0.29) is 17.6 Å². The highest BCUT2D eigenvalue weighted by atomic mass is 16.2. The van der Waals surface area contributed by atoms with Gasteiger partial charge in [-0.3, -0.25) is 14.7 Å². The molecule has 1 aliphatic heterocycles. The van der Waals surface area contributed by atoms with Crippen molar-refractivity contribution in [2.75, 3.05) is 6.54 Å². The van der Waals surface area contributed by atoms with Gasteiger partial charge in [0.1, 0.15) is 5.69 Å². The van der Waals surface area contributed by atoms with Crippen LogP contribution in [0.3, 0.4) is 0 Å². The number of primary amides is 1. The molecule has 6 heteroatoms. The van der Waals surface area contributed by atoms with Gasteiger partial charge < -0.3 is 10.6 Å². The summed E-state index contributed by atoms with van der Waals surface area (Å²) in [5.74, 6) is -0.570. The van der Waals surface area contributed by atoms with E-state index in [1.54, 1.807) is 6.07 Å². The Hall–Kier alpha value is -2.63. The molecule has 0 saturated carbocycles. The zero-order chi connectivity index (χ0) is 15.5. The predicted molar refractivity (Wildman–Crippen MR) is 81.2 cm³/mol. The molecule has 1 aromatic heterocycles. The van der Waals surface area contributed by atoms with E-state index in [2.05, 4.69) is 10.2 Å². The zero-order valence-corrected chi connectivity index (χ0v) is 12.2. The van der Waals surface area contributed by atoms with E-state index in [0.29, 0.717) is 12.1 Å². The van der Waals surface area contributed by atoms with Crippen molar-refractivity contribution in [3.63, 3.8) is 0 Å². The number of amides is 2. The standard InChI is InChI=1S/C16H18N4O2/c17-15(21)13-10-12(18-19-13)14-8-4-5-9-20(14)16(22)11-6-2-1-3-7-11/h1-3,6-7,10,14H,4-5,8-9H2,(H2,17,21)(H,18,19). The molecule has 2 amide bonds. The number of carbonyl (C=O) groups excluding carboxylic acids is 2. The summed E-state index contributed by atoms with van der Waals surface area (Å²) >= 11 is 0.